The Bertz CT molecular complexity index is 1770. The molecule has 7 rings (SSSR count). The molecule has 1 saturated carbocycles. The highest BCUT2D eigenvalue weighted by Gasteiger charge is 2.76. The third kappa shape index (κ3) is 4.31. The minimum atomic E-state index is -2.01. The quantitative estimate of drug-likeness (QED) is 0.148. The van der Waals surface area contributed by atoms with E-state index < -0.39 is 51.1 Å². The zero-order valence-corrected chi connectivity index (χ0v) is 26.8. The Kier molecular flexibility index (Phi) is 7.34. The SMILES string of the molecule is O=C1[C@H]2[C@H](CC=C3[C@H]2C[C@@]2(Cl)C(=O)N(CBr)C(=O)[C@@]2(Cl)[C@H]3c2ccc(OCc3ccccc3)cc2O)C(=O)N1c1ccccc1. The number of anilines is 1. The molecule has 3 aromatic carbocycles. The van der Waals surface area contributed by atoms with Crippen LogP contribution in [0.15, 0.2) is 90.5 Å². The molecular weight excluding hydrogens is 683 g/mol. The van der Waals surface area contributed by atoms with Gasteiger partial charge in [0.25, 0.3) is 11.8 Å². The lowest BCUT2D eigenvalue weighted by Gasteiger charge is -2.50. The number of para-hydroxylation sites is 1. The molecule has 3 fully saturated rings. The first kappa shape index (κ1) is 30.0. The third-order valence-corrected chi connectivity index (χ3v) is 11.5. The number of halogens is 3. The number of aromatic hydroxyl groups is 1. The van der Waals surface area contributed by atoms with Crippen LogP contribution in [0.4, 0.5) is 5.69 Å². The van der Waals surface area contributed by atoms with Crippen molar-refractivity contribution in [3.05, 3.63) is 102 Å². The van der Waals surface area contributed by atoms with Crippen molar-refractivity contribution in [2.75, 3.05) is 10.4 Å². The Hall–Kier alpha value is -3.66. The number of rotatable bonds is 6. The molecule has 4 aliphatic rings. The Morgan fingerprint density at radius 2 is 1.58 bits per heavy atom. The van der Waals surface area contributed by atoms with E-state index in [1.54, 1.807) is 42.5 Å². The van der Waals surface area contributed by atoms with Crippen molar-refractivity contribution in [3.8, 4) is 11.5 Å². The van der Waals surface area contributed by atoms with Gasteiger partial charge >= 0.3 is 0 Å². The molecule has 0 aromatic heterocycles. The first-order valence-corrected chi connectivity index (χ1v) is 16.4. The number of ether oxygens (including phenoxy) is 1. The summed E-state index contributed by atoms with van der Waals surface area (Å²) in [5.74, 6) is -5.18. The van der Waals surface area contributed by atoms with Crippen molar-refractivity contribution >= 4 is 68.4 Å². The molecule has 2 heterocycles. The van der Waals surface area contributed by atoms with Crippen molar-refractivity contribution in [2.45, 2.75) is 35.1 Å². The highest BCUT2D eigenvalue weighted by Crippen LogP contribution is 2.66. The number of fused-ring (bicyclic) bond motifs is 4. The average molecular weight is 710 g/mol. The van der Waals surface area contributed by atoms with Gasteiger partial charge in [-0.05, 0) is 42.5 Å². The lowest BCUT2D eigenvalue weighted by atomic mass is 9.56. The molecule has 6 atom stereocenters. The Balaban J connectivity index is 1.32. The number of carbonyl (C=O) groups excluding carboxylic acids is 4. The molecule has 0 radical (unpaired) electrons. The molecule has 230 valence electrons. The van der Waals surface area contributed by atoms with Crippen LogP contribution in [0.2, 0.25) is 0 Å². The van der Waals surface area contributed by atoms with Crippen LogP contribution in [0, 0.1) is 17.8 Å². The van der Waals surface area contributed by atoms with Crippen LogP contribution in [0.1, 0.15) is 29.9 Å². The van der Waals surface area contributed by atoms with Crippen molar-refractivity contribution in [3.63, 3.8) is 0 Å². The van der Waals surface area contributed by atoms with Crippen molar-refractivity contribution in [1.82, 2.24) is 4.90 Å². The second kappa shape index (κ2) is 11.0. The van der Waals surface area contributed by atoms with Gasteiger partial charge in [0.1, 0.15) is 18.1 Å². The topological polar surface area (TPSA) is 104 Å². The predicted molar refractivity (Wildman–Crippen MR) is 171 cm³/mol. The number of carbonyl (C=O) groups is 4. The Morgan fingerprint density at radius 1 is 0.889 bits per heavy atom. The number of hydrogen-bond acceptors (Lipinski definition) is 6. The maximum absolute atomic E-state index is 14.1. The molecule has 0 spiro atoms. The molecule has 45 heavy (non-hydrogen) atoms. The van der Waals surface area contributed by atoms with Crippen LogP contribution in [0.3, 0.4) is 0 Å². The summed E-state index contributed by atoms with van der Waals surface area (Å²) in [6.45, 7) is 0.269. The number of allylic oxidation sites excluding steroid dienone is 2. The second-order valence-electron chi connectivity index (χ2n) is 11.8. The number of phenolic OH excluding ortho intramolecular Hbond substituents is 1. The standard InChI is InChI=1S/C34H27BrCl2N2O6/c35-18-38-31(43)33(36)16-25-22(13-14-24-27(25)30(42)39(29(24)41)20-9-5-2-6-10-20)28(34(33,37)32(38)44)23-12-11-21(15-26(23)40)45-17-19-7-3-1-4-8-19/h1-13,15,24-25,27-28,40H,14,16-18H2/t24-,25+,27-,28+,33+,34-/m0/s1. The summed E-state index contributed by atoms with van der Waals surface area (Å²) >= 11 is 17.8. The number of hydrogen-bond donors (Lipinski definition) is 1. The highest BCUT2D eigenvalue weighted by atomic mass is 79.9. The number of nitrogens with zero attached hydrogens (tertiary/aromatic N) is 2. The smallest absolute Gasteiger partial charge is 0.254 e. The molecule has 2 aliphatic carbocycles. The van der Waals surface area contributed by atoms with E-state index in [1.165, 1.54) is 11.0 Å². The van der Waals surface area contributed by atoms with E-state index in [2.05, 4.69) is 15.9 Å². The number of alkyl halides is 3. The normalized spacial score (nSPS) is 30.6. The van der Waals surface area contributed by atoms with Gasteiger partial charge in [0.15, 0.2) is 9.75 Å². The van der Waals surface area contributed by atoms with Gasteiger partial charge in [0.2, 0.25) is 11.8 Å². The summed E-state index contributed by atoms with van der Waals surface area (Å²) < 4.78 is 5.91. The summed E-state index contributed by atoms with van der Waals surface area (Å²) in [6, 6.07) is 23.0. The number of amides is 4. The molecule has 3 aromatic rings. The van der Waals surface area contributed by atoms with E-state index in [4.69, 9.17) is 27.9 Å². The molecule has 2 aliphatic heterocycles. The highest BCUT2D eigenvalue weighted by molar-refractivity contribution is 9.09. The van der Waals surface area contributed by atoms with Crippen LogP contribution in [0.5, 0.6) is 11.5 Å². The van der Waals surface area contributed by atoms with Gasteiger partial charge in [0, 0.05) is 17.5 Å². The first-order chi connectivity index (χ1) is 21.6. The minimum Gasteiger partial charge on any atom is -0.508 e. The Labute approximate surface area is 277 Å². The third-order valence-electron chi connectivity index (χ3n) is 9.59. The molecule has 11 heteroatoms. The summed E-state index contributed by atoms with van der Waals surface area (Å²) in [5.41, 5.74) is 2.14. The molecule has 2 saturated heterocycles. The van der Waals surface area contributed by atoms with Gasteiger partial charge in [-0.25, -0.2) is 0 Å². The average Bonchev–Trinajstić information content (AvgIpc) is 3.39. The molecule has 1 N–H and O–H groups in total. The van der Waals surface area contributed by atoms with Crippen molar-refractivity contribution in [1.29, 1.82) is 0 Å². The first-order valence-electron chi connectivity index (χ1n) is 14.5. The van der Waals surface area contributed by atoms with E-state index in [0.717, 1.165) is 10.5 Å². The fraction of sp³-hybridized carbons (Fsp3) is 0.294. The molecule has 0 bridgehead atoms. The molecule has 8 nitrogen and oxygen atoms in total. The predicted octanol–water partition coefficient (Wildman–Crippen LogP) is 5.89. The maximum Gasteiger partial charge on any atom is 0.254 e. The van der Waals surface area contributed by atoms with Crippen LogP contribution in [0.25, 0.3) is 0 Å². The van der Waals surface area contributed by atoms with E-state index in [9.17, 15) is 24.3 Å². The summed E-state index contributed by atoms with van der Waals surface area (Å²) in [4.78, 5) is 53.7. The van der Waals surface area contributed by atoms with Gasteiger partial charge in [-0.15, -0.1) is 23.2 Å². The van der Waals surface area contributed by atoms with Gasteiger partial charge in [0.05, 0.1) is 23.0 Å². The number of likely N-dealkylation sites (tertiary alicyclic amines) is 1. The second-order valence-corrected chi connectivity index (χ2v) is 13.6. The fourth-order valence-corrected chi connectivity index (χ4v) is 8.95. The monoisotopic (exact) mass is 708 g/mol. The molecule has 4 amide bonds. The van der Waals surface area contributed by atoms with E-state index >= 15 is 0 Å². The van der Waals surface area contributed by atoms with Crippen LogP contribution in [-0.4, -0.2) is 48.8 Å². The summed E-state index contributed by atoms with van der Waals surface area (Å²) in [7, 11) is 0. The van der Waals surface area contributed by atoms with Crippen molar-refractivity contribution < 1.29 is 29.0 Å². The fourth-order valence-electron chi connectivity index (χ4n) is 7.53. The number of imide groups is 2. The van der Waals surface area contributed by atoms with E-state index in [1.807, 2.05) is 36.4 Å². The van der Waals surface area contributed by atoms with Gasteiger partial charge < -0.3 is 9.84 Å². The maximum atomic E-state index is 14.1. The van der Waals surface area contributed by atoms with Crippen LogP contribution in [-0.2, 0) is 25.8 Å². The minimum absolute atomic E-state index is 0.129. The molecular formula is C34H27BrCl2N2O6. The van der Waals surface area contributed by atoms with Gasteiger partial charge in [-0.2, -0.15) is 0 Å². The number of phenols is 1. The molecule has 0 unspecified atom stereocenters. The largest absolute Gasteiger partial charge is 0.508 e. The zero-order chi connectivity index (χ0) is 31.7. The van der Waals surface area contributed by atoms with Crippen LogP contribution < -0.4 is 9.64 Å². The summed E-state index contributed by atoms with van der Waals surface area (Å²) in [5, 5.41) is 11.4. The van der Waals surface area contributed by atoms with Crippen molar-refractivity contribution in [2.24, 2.45) is 17.8 Å². The zero-order valence-electron chi connectivity index (χ0n) is 23.7. The number of benzene rings is 3. The van der Waals surface area contributed by atoms with Crippen LogP contribution >= 0.6 is 39.1 Å². The van der Waals surface area contributed by atoms with Gasteiger partial charge in [-0.1, -0.05) is 82.2 Å². The van der Waals surface area contributed by atoms with E-state index in [-0.39, 0.29) is 42.1 Å². The van der Waals surface area contributed by atoms with E-state index in [0.29, 0.717) is 17.0 Å². The lowest BCUT2D eigenvalue weighted by molar-refractivity contribution is -0.138. The van der Waals surface area contributed by atoms with Gasteiger partial charge in [-0.3, -0.25) is 29.0 Å². The lowest BCUT2D eigenvalue weighted by Crippen LogP contribution is -2.60. The Morgan fingerprint density at radius 3 is 2.24 bits per heavy atom. The summed E-state index contributed by atoms with van der Waals surface area (Å²) in [6.07, 6.45) is 1.94.